The van der Waals surface area contributed by atoms with E-state index in [1.807, 2.05) is 19.1 Å². The van der Waals surface area contributed by atoms with Crippen LogP contribution in [0, 0.1) is 0 Å². The van der Waals surface area contributed by atoms with E-state index >= 15 is 0 Å². The molecule has 1 aromatic rings. The Morgan fingerprint density at radius 1 is 1.42 bits per heavy atom. The molecular formula is C15H23NO3. The van der Waals surface area contributed by atoms with Crippen molar-refractivity contribution in [2.75, 3.05) is 26.9 Å². The number of ether oxygens (including phenoxy) is 2. The van der Waals surface area contributed by atoms with Gasteiger partial charge in [-0.1, -0.05) is 12.1 Å². The second kappa shape index (κ2) is 8.56. The molecule has 4 nitrogen and oxygen atoms in total. The molecule has 0 aromatic heterocycles. The highest BCUT2D eigenvalue weighted by Crippen LogP contribution is 2.33. The van der Waals surface area contributed by atoms with Crippen molar-refractivity contribution >= 4 is 0 Å². The number of aliphatic hydroxyl groups excluding tert-OH is 1. The molecule has 0 bridgehead atoms. The van der Waals surface area contributed by atoms with Crippen LogP contribution in [0.25, 0.3) is 0 Å². The molecule has 2 N–H and O–H groups in total. The third kappa shape index (κ3) is 4.58. The Balaban J connectivity index is 3.01. The van der Waals surface area contributed by atoms with Crippen LogP contribution in [0.1, 0.15) is 18.1 Å². The molecular weight excluding hydrogens is 242 g/mol. The number of hydrogen-bond donors (Lipinski definition) is 2. The first kappa shape index (κ1) is 15.5. The molecule has 0 unspecified atom stereocenters. The molecule has 106 valence electrons. The zero-order valence-corrected chi connectivity index (χ0v) is 11.7. The lowest BCUT2D eigenvalue weighted by Crippen LogP contribution is -2.17. The molecule has 0 aliphatic heterocycles. The van der Waals surface area contributed by atoms with Crippen LogP contribution in [0.15, 0.2) is 24.8 Å². The minimum atomic E-state index is 0.133. The zero-order chi connectivity index (χ0) is 14.1. The smallest absolute Gasteiger partial charge is 0.164 e. The molecule has 4 heteroatoms. The summed E-state index contributed by atoms with van der Waals surface area (Å²) in [4.78, 5) is 0. The third-order valence-corrected chi connectivity index (χ3v) is 2.68. The number of hydrogen-bond acceptors (Lipinski definition) is 4. The van der Waals surface area contributed by atoms with E-state index in [9.17, 15) is 0 Å². The van der Waals surface area contributed by atoms with E-state index in [4.69, 9.17) is 14.6 Å². The van der Waals surface area contributed by atoms with Gasteiger partial charge in [0.15, 0.2) is 11.5 Å². The highest BCUT2D eigenvalue weighted by molar-refractivity contribution is 5.50. The molecule has 0 fully saturated rings. The van der Waals surface area contributed by atoms with Crippen LogP contribution in [0.2, 0.25) is 0 Å². The van der Waals surface area contributed by atoms with Gasteiger partial charge in [-0.2, -0.15) is 0 Å². The number of benzene rings is 1. The zero-order valence-electron chi connectivity index (χ0n) is 11.7. The molecule has 0 aliphatic rings. The van der Waals surface area contributed by atoms with E-state index in [1.165, 1.54) is 0 Å². The standard InChI is InChI=1S/C15H23NO3/c1-4-6-13-9-12(11-16-7-8-17)10-14(18-3)15(13)19-5-2/h4,9-10,16-17H,1,5-8,11H2,2-3H3. The lowest BCUT2D eigenvalue weighted by Gasteiger charge is -2.16. The summed E-state index contributed by atoms with van der Waals surface area (Å²) < 4.78 is 11.1. The number of aliphatic hydroxyl groups is 1. The van der Waals surface area contributed by atoms with Crippen LogP contribution in [0.3, 0.4) is 0 Å². The summed E-state index contributed by atoms with van der Waals surface area (Å²) in [5.41, 5.74) is 2.17. The summed E-state index contributed by atoms with van der Waals surface area (Å²) in [7, 11) is 1.64. The van der Waals surface area contributed by atoms with E-state index in [-0.39, 0.29) is 6.61 Å². The summed E-state index contributed by atoms with van der Waals surface area (Å²) in [6.45, 7) is 7.72. The highest BCUT2D eigenvalue weighted by Gasteiger charge is 2.12. The van der Waals surface area contributed by atoms with E-state index in [1.54, 1.807) is 7.11 Å². The van der Waals surface area contributed by atoms with Crippen LogP contribution in [-0.2, 0) is 13.0 Å². The second-order valence-corrected chi connectivity index (χ2v) is 4.11. The quantitative estimate of drug-likeness (QED) is 0.529. The molecule has 0 aliphatic carbocycles. The average molecular weight is 265 g/mol. The van der Waals surface area contributed by atoms with Gasteiger partial charge >= 0.3 is 0 Å². The van der Waals surface area contributed by atoms with Crippen molar-refractivity contribution in [2.24, 2.45) is 0 Å². The molecule has 19 heavy (non-hydrogen) atoms. The van der Waals surface area contributed by atoms with Gasteiger partial charge in [-0.3, -0.25) is 0 Å². The molecule has 0 heterocycles. The molecule has 0 spiro atoms. The second-order valence-electron chi connectivity index (χ2n) is 4.11. The predicted octanol–water partition coefficient (Wildman–Crippen LogP) is 1.90. The van der Waals surface area contributed by atoms with Crippen LogP contribution in [-0.4, -0.2) is 32.0 Å². The van der Waals surface area contributed by atoms with E-state index in [2.05, 4.69) is 18.0 Å². The van der Waals surface area contributed by atoms with Crippen LogP contribution < -0.4 is 14.8 Å². The molecule has 0 radical (unpaired) electrons. The molecule has 0 saturated carbocycles. The lowest BCUT2D eigenvalue weighted by atomic mass is 10.1. The van der Waals surface area contributed by atoms with Crippen molar-refractivity contribution in [2.45, 2.75) is 19.9 Å². The average Bonchev–Trinajstić information content (AvgIpc) is 2.42. The van der Waals surface area contributed by atoms with Gasteiger partial charge < -0.3 is 19.9 Å². The first-order chi connectivity index (χ1) is 9.26. The van der Waals surface area contributed by atoms with Crippen LogP contribution in [0.5, 0.6) is 11.5 Å². The lowest BCUT2D eigenvalue weighted by molar-refractivity contribution is 0.291. The Bertz CT molecular complexity index is 405. The molecule has 1 aromatic carbocycles. The van der Waals surface area contributed by atoms with Gasteiger partial charge in [0.1, 0.15) is 0 Å². The van der Waals surface area contributed by atoms with Gasteiger partial charge in [-0.15, -0.1) is 6.58 Å². The Hall–Kier alpha value is -1.52. The van der Waals surface area contributed by atoms with Gasteiger partial charge in [-0.05, 0) is 25.0 Å². The summed E-state index contributed by atoms with van der Waals surface area (Å²) >= 11 is 0. The minimum absolute atomic E-state index is 0.133. The Kier molecular flexibility index (Phi) is 7.00. The van der Waals surface area contributed by atoms with Crippen molar-refractivity contribution in [3.05, 3.63) is 35.9 Å². The Morgan fingerprint density at radius 3 is 2.79 bits per heavy atom. The number of nitrogens with one attached hydrogen (secondary N) is 1. The monoisotopic (exact) mass is 265 g/mol. The number of rotatable bonds is 9. The Morgan fingerprint density at radius 2 is 2.21 bits per heavy atom. The van der Waals surface area contributed by atoms with Crippen molar-refractivity contribution < 1.29 is 14.6 Å². The summed E-state index contributed by atoms with van der Waals surface area (Å²) in [5, 5.41) is 11.9. The highest BCUT2D eigenvalue weighted by atomic mass is 16.5. The largest absolute Gasteiger partial charge is 0.493 e. The molecule has 0 atom stereocenters. The summed E-state index contributed by atoms with van der Waals surface area (Å²) in [6, 6.07) is 4.04. The first-order valence-electron chi connectivity index (χ1n) is 6.51. The normalized spacial score (nSPS) is 10.3. The number of methoxy groups -OCH3 is 1. The van der Waals surface area contributed by atoms with Gasteiger partial charge in [-0.25, -0.2) is 0 Å². The fourth-order valence-electron chi connectivity index (χ4n) is 1.90. The topological polar surface area (TPSA) is 50.7 Å². The van der Waals surface area contributed by atoms with Crippen LogP contribution in [0.4, 0.5) is 0 Å². The fourth-order valence-corrected chi connectivity index (χ4v) is 1.90. The maximum absolute atomic E-state index is 8.78. The van der Waals surface area contributed by atoms with Crippen molar-refractivity contribution in [1.29, 1.82) is 0 Å². The van der Waals surface area contributed by atoms with Crippen LogP contribution >= 0.6 is 0 Å². The SMILES string of the molecule is C=CCc1cc(CNCCO)cc(OC)c1OCC. The Labute approximate surface area is 115 Å². The van der Waals surface area contributed by atoms with Crippen molar-refractivity contribution in [3.8, 4) is 11.5 Å². The van der Waals surface area contributed by atoms with Crippen molar-refractivity contribution in [1.82, 2.24) is 5.32 Å². The maximum atomic E-state index is 8.78. The fraction of sp³-hybridized carbons (Fsp3) is 0.467. The third-order valence-electron chi connectivity index (χ3n) is 2.68. The summed E-state index contributed by atoms with van der Waals surface area (Å²) in [5.74, 6) is 1.53. The molecule has 1 rings (SSSR count). The van der Waals surface area contributed by atoms with Gasteiger partial charge in [0.25, 0.3) is 0 Å². The van der Waals surface area contributed by atoms with Crippen molar-refractivity contribution in [3.63, 3.8) is 0 Å². The van der Waals surface area contributed by atoms with Gasteiger partial charge in [0.2, 0.25) is 0 Å². The predicted molar refractivity (Wildman–Crippen MR) is 76.9 cm³/mol. The van der Waals surface area contributed by atoms with Gasteiger partial charge in [0.05, 0.1) is 20.3 Å². The first-order valence-corrected chi connectivity index (χ1v) is 6.51. The maximum Gasteiger partial charge on any atom is 0.164 e. The minimum Gasteiger partial charge on any atom is -0.493 e. The number of allylic oxidation sites excluding steroid dienone is 1. The van der Waals surface area contributed by atoms with Gasteiger partial charge in [0, 0.05) is 18.7 Å². The molecule has 0 saturated heterocycles. The van der Waals surface area contributed by atoms with E-state index in [0.29, 0.717) is 19.7 Å². The van der Waals surface area contributed by atoms with E-state index < -0.39 is 0 Å². The molecule has 0 amide bonds. The van der Waals surface area contributed by atoms with E-state index in [0.717, 1.165) is 29.0 Å². The summed E-state index contributed by atoms with van der Waals surface area (Å²) in [6.07, 6.45) is 2.59.